The minimum absolute atomic E-state index is 0.0581. The molecule has 2 N–H and O–H groups in total. The first-order valence-corrected chi connectivity index (χ1v) is 8.91. The van der Waals surface area contributed by atoms with E-state index < -0.39 is 11.7 Å². The fourth-order valence-corrected chi connectivity index (χ4v) is 3.69. The van der Waals surface area contributed by atoms with E-state index in [0.29, 0.717) is 25.4 Å². The zero-order valence-electron chi connectivity index (χ0n) is 14.4. The Hall–Kier alpha value is -1.43. The molecule has 0 spiro atoms. The van der Waals surface area contributed by atoms with E-state index in [1.807, 2.05) is 6.07 Å². The summed E-state index contributed by atoms with van der Waals surface area (Å²) in [6.45, 7) is 4.65. The molecule has 0 radical (unpaired) electrons. The van der Waals surface area contributed by atoms with Crippen LogP contribution in [0.4, 0.5) is 0 Å². The number of piperidine rings is 2. The van der Waals surface area contributed by atoms with E-state index in [2.05, 4.69) is 29.2 Å². The van der Waals surface area contributed by atoms with Crippen molar-refractivity contribution in [3.8, 4) is 0 Å². The number of benzene rings is 1. The van der Waals surface area contributed by atoms with Gasteiger partial charge in [0.1, 0.15) is 0 Å². The van der Waals surface area contributed by atoms with Crippen molar-refractivity contribution in [2.45, 2.75) is 43.8 Å². The molecule has 1 aromatic rings. The topological polar surface area (TPSA) is 64.0 Å². The molecular weight excluding hydrogens is 304 g/mol. The number of hydrogen-bond acceptors (Lipinski definition) is 4. The molecule has 24 heavy (non-hydrogen) atoms. The average Bonchev–Trinajstić information content (AvgIpc) is 2.59. The van der Waals surface area contributed by atoms with Crippen LogP contribution >= 0.6 is 0 Å². The number of aliphatic hydroxyl groups excluding tert-OH is 1. The van der Waals surface area contributed by atoms with Crippen molar-refractivity contribution in [1.29, 1.82) is 0 Å². The summed E-state index contributed by atoms with van der Waals surface area (Å²) in [4.78, 5) is 16.4. The SMILES string of the molecule is CC1(O)CCN(C(=O)CN2CCC(c3ccccc3)CC2)CC1O. The Bertz CT molecular complexity index is 553. The van der Waals surface area contributed by atoms with Crippen LogP contribution in [0.2, 0.25) is 0 Å². The second-order valence-corrected chi connectivity index (χ2v) is 7.42. The molecule has 2 aliphatic rings. The Labute approximate surface area is 143 Å². The van der Waals surface area contributed by atoms with Crippen LogP contribution in [0.15, 0.2) is 30.3 Å². The van der Waals surface area contributed by atoms with E-state index in [1.54, 1.807) is 11.8 Å². The molecule has 132 valence electrons. The van der Waals surface area contributed by atoms with E-state index in [-0.39, 0.29) is 12.5 Å². The summed E-state index contributed by atoms with van der Waals surface area (Å²) in [6.07, 6.45) is 1.72. The summed E-state index contributed by atoms with van der Waals surface area (Å²) in [5.41, 5.74) is 0.315. The monoisotopic (exact) mass is 332 g/mol. The largest absolute Gasteiger partial charge is 0.388 e. The number of amides is 1. The van der Waals surface area contributed by atoms with E-state index in [9.17, 15) is 15.0 Å². The van der Waals surface area contributed by atoms with Crippen LogP contribution in [-0.4, -0.2) is 70.3 Å². The van der Waals surface area contributed by atoms with Gasteiger partial charge in [-0.05, 0) is 50.8 Å². The van der Waals surface area contributed by atoms with E-state index in [0.717, 1.165) is 25.9 Å². The number of carbonyl (C=O) groups excluding carboxylic acids is 1. The predicted octanol–water partition coefficient (Wildman–Crippen LogP) is 1.21. The van der Waals surface area contributed by atoms with Gasteiger partial charge in [-0.15, -0.1) is 0 Å². The highest BCUT2D eigenvalue weighted by molar-refractivity contribution is 5.78. The van der Waals surface area contributed by atoms with E-state index >= 15 is 0 Å². The molecule has 5 nitrogen and oxygen atoms in total. The minimum Gasteiger partial charge on any atom is -0.388 e. The summed E-state index contributed by atoms with van der Waals surface area (Å²) in [5, 5.41) is 20.0. The van der Waals surface area contributed by atoms with Crippen molar-refractivity contribution in [3.63, 3.8) is 0 Å². The fraction of sp³-hybridized carbons (Fsp3) is 0.632. The van der Waals surface area contributed by atoms with Gasteiger partial charge in [-0.3, -0.25) is 9.69 Å². The van der Waals surface area contributed by atoms with Gasteiger partial charge in [0.05, 0.1) is 18.2 Å². The number of aliphatic hydroxyl groups is 2. The molecule has 2 aliphatic heterocycles. The summed E-state index contributed by atoms with van der Waals surface area (Å²) in [6, 6.07) is 10.6. The Balaban J connectivity index is 1.47. The maximum atomic E-state index is 12.5. The molecule has 2 heterocycles. The molecule has 1 aromatic carbocycles. The predicted molar refractivity (Wildman–Crippen MR) is 92.7 cm³/mol. The molecule has 2 saturated heterocycles. The third-order valence-corrected chi connectivity index (χ3v) is 5.57. The summed E-state index contributed by atoms with van der Waals surface area (Å²) in [5.74, 6) is 0.646. The lowest BCUT2D eigenvalue weighted by Crippen LogP contribution is -2.56. The highest BCUT2D eigenvalue weighted by atomic mass is 16.3. The second-order valence-electron chi connectivity index (χ2n) is 7.42. The second kappa shape index (κ2) is 7.21. The number of β-amino-alcohol motifs (C(OH)–C–C–N with tert-alkyl or cyclic N) is 1. The van der Waals surface area contributed by atoms with Crippen LogP contribution in [0.1, 0.15) is 37.7 Å². The molecule has 0 aromatic heterocycles. The van der Waals surface area contributed by atoms with Gasteiger partial charge in [0.25, 0.3) is 0 Å². The third kappa shape index (κ3) is 3.97. The lowest BCUT2D eigenvalue weighted by molar-refractivity contribution is -0.147. The fourth-order valence-electron chi connectivity index (χ4n) is 3.69. The zero-order chi connectivity index (χ0) is 17.2. The van der Waals surface area contributed by atoms with E-state index in [4.69, 9.17) is 0 Å². The lowest BCUT2D eigenvalue weighted by Gasteiger charge is -2.41. The molecule has 2 unspecified atom stereocenters. The van der Waals surface area contributed by atoms with Crippen molar-refractivity contribution in [2.75, 3.05) is 32.7 Å². The van der Waals surface area contributed by atoms with Crippen LogP contribution in [0.25, 0.3) is 0 Å². The van der Waals surface area contributed by atoms with Gasteiger partial charge in [0.2, 0.25) is 5.91 Å². The van der Waals surface area contributed by atoms with Gasteiger partial charge in [-0.1, -0.05) is 30.3 Å². The number of nitrogens with zero attached hydrogens (tertiary/aromatic N) is 2. The minimum atomic E-state index is -1.08. The number of rotatable bonds is 3. The quantitative estimate of drug-likeness (QED) is 0.873. The van der Waals surface area contributed by atoms with Crippen molar-refractivity contribution in [2.24, 2.45) is 0 Å². The molecule has 3 rings (SSSR count). The maximum absolute atomic E-state index is 12.5. The Morgan fingerprint density at radius 2 is 1.88 bits per heavy atom. The van der Waals surface area contributed by atoms with Crippen LogP contribution < -0.4 is 0 Å². The standard InChI is InChI=1S/C19H28N2O3/c1-19(24)9-12-21(13-17(19)22)18(23)14-20-10-7-16(8-11-20)15-5-3-2-4-6-15/h2-6,16-17,22,24H,7-14H2,1H3. The Kier molecular flexibility index (Phi) is 5.23. The molecule has 2 atom stereocenters. The Morgan fingerprint density at radius 3 is 2.50 bits per heavy atom. The highest BCUT2D eigenvalue weighted by Gasteiger charge is 2.38. The van der Waals surface area contributed by atoms with Crippen LogP contribution in [0.3, 0.4) is 0 Å². The van der Waals surface area contributed by atoms with Crippen molar-refractivity contribution < 1.29 is 15.0 Å². The number of hydrogen-bond donors (Lipinski definition) is 2. The van der Waals surface area contributed by atoms with Crippen LogP contribution in [0, 0.1) is 0 Å². The van der Waals surface area contributed by atoms with Crippen molar-refractivity contribution >= 4 is 5.91 Å². The first-order chi connectivity index (χ1) is 11.5. The maximum Gasteiger partial charge on any atom is 0.236 e. The van der Waals surface area contributed by atoms with Gasteiger partial charge >= 0.3 is 0 Å². The number of carbonyl (C=O) groups is 1. The number of likely N-dealkylation sites (tertiary alicyclic amines) is 2. The smallest absolute Gasteiger partial charge is 0.236 e. The summed E-state index contributed by atoms with van der Waals surface area (Å²) >= 11 is 0. The average molecular weight is 332 g/mol. The molecule has 5 heteroatoms. The molecular formula is C19H28N2O3. The molecule has 0 aliphatic carbocycles. The van der Waals surface area contributed by atoms with Gasteiger partial charge in [-0.25, -0.2) is 0 Å². The van der Waals surface area contributed by atoms with Crippen molar-refractivity contribution in [1.82, 2.24) is 9.80 Å². The van der Waals surface area contributed by atoms with Gasteiger partial charge in [0, 0.05) is 13.1 Å². The van der Waals surface area contributed by atoms with Crippen LogP contribution in [0.5, 0.6) is 0 Å². The van der Waals surface area contributed by atoms with Crippen LogP contribution in [-0.2, 0) is 4.79 Å². The lowest BCUT2D eigenvalue weighted by atomic mass is 9.89. The first kappa shape index (κ1) is 17.4. The van der Waals surface area contributed by atoms with Crippen molar-refractivity contribution in [3.05, 3.63) is 35.9 Å². The molecule has 1 amide bonds. The molecule has 0 saturated carbocycles. The Morgan fingerprint density at radius 1 is 1.21 bits per heavy atom. The zero-order valence-corrected chi connectivity index (χ0v) is 14.4. The normalized spacial score (nSPS) is 29.6. The summed E-state index contributed by atoms with van der Waals surface area (Å²) in [7, 11) is 0. The van der Waals surface area contributed by atoms with Gasteiger partial charge in [0.15, 0.2) is 0 Å². The summed E-state index contributed by atoms with van der Waals surface area (Å²) < 4.78 is 0. The van der Waals surface area contributed by atoms with E-state index in [1.165, 1.54) is 5.56 Å². The highest BCUT2D eigenvalue weighted by Crippen LogP contribution is 2.28. The van der Waals surface area contributed by atoms with Gasteiger partial charge < -0.3 is 15.1 Å². The first-order valence-electron chi connectivity index (χ1n) is 8.91. The molecule has 0 bridgehead atoms. The molecule has 2 fully saturated rings. The third-order valence-electron chi connectivity index (χ3n) is 5.57. The van der Waals surface area contributed by atoms with Gasteiger partial charge in [-0.2, -0.15) is 0 Å².